The van der Waals surface area contributed by atoms with Crippen molar-refractivity contribution in [2.45, 2.75) is 44.7 Å². The molecule has 0 aromatic carbocycles. The summed E-state index contributed by atoms with van der Waals surface area (Å²) in [6.07, 6.45) is 2.96. The number of carboxylic acids is 1. The second-order valence-corrected chi connectivity index (χ2v) is 6.00. The van der Waals surface area contributed by atoms with Crippen molar-refractivity contribution in [2.75, 3.05) is 6.54 Å². The Bertz CT molecular complexity index is 469. The quantitative estimate of drug-likeness (QED) is 0.812. The van der Waals surface area contributed by atoms with Crippen LogP contribution < -0.4 is 5.32 Å². The first-order valence-corrected chi connectivity index (χ1v) is 7.83. The van der Waals surface area contributed by atoms with Gasteiger partial charge in [-0.25, -0.2) is 9.59 Å². The van der Waals surface area contributed by atoms with E-state index in [1.807, 2.05) is 16.8 Å². The third kappa shape index (κ3) is 3.50. The van der Waals surface area contributed by atoms with Crippen molar-refractivity contribution >= 4 is 23.3 Å². The smallest absolute Gasteiger partial charge is 0.329 e. The van der Waals surface area contributed by atoms with Gasteiger partial charge in [0.2, 0.25) is 0 Å². The van der Waals surface area contributed by atoms with Gasteiger partial charge in [-0.15, -0.1) is 0 Å². The molecular formula is C14H20N2O3S. The second kappa shape index (κ2) is 6.26. The van der Waals surface area contributed by atoms with Crippen LogP contribution in [0.1, 0.15) is 38.2 Å². The standard InChI is InChI=1S/C14H20N2O3S/c1-2-3-7-16(9-11-4-8-20-10-11)13(19)15-14(5-6-14)12(17)18/h4,8,10H,2-3,5-7,9H2,1H3,(H,15,19)(H,17,18). The predicted molar refractivity (Wildman–Crippen MR) is 77.8 cm³/mol. The van der Waals surface area contributed by atoms with Crippen LogP contribution >= 0.6 is 11.3 Å². The van der Waals surface area contributed by atoms with Gasteiger partial charge in [0.25, 0.3) is 0 Å². The number of carboxylic acid groups (broad SMARTS) is 1. The maximum Gasteiger partial charge on any atom is 0.329 e. The van der Waals surface area contributed by atoms with E-state index in [-0.39, 0.29) is 6.03 Å². The lowest BCUT2D eigenvalue weighted by atomic mass is 10.2. The lowest BCUT2D eigenvalue weighted by Gasteiger charge is -2.24. The average molecular weight is 296 g/mol. The van der Waals surface area contributed by atoms with Crippen molar-refractivity contribution in [1.29, 1.82) is 0 Å². The summed E-state index contributed by atoms with van der Waals surface area (Å²) in [5.41, 5.74) is 0.0670. The summed E-state index contributed by atoms with van der Waals surface area (Å²) < 4.78 is 0. The minimum Gasteiger partial charge on any atom is -0.480 e. The molecule has 1 heterocycles. The van der Waals surface area contributed by atoms with E-state index >= 15 is 0 Å². The van der Waals surface area contributed by atoms with Crippen LogP contribution in [0.15, 0.2) is 16.8 Å². The van der Waals surface area contributed by atoms with E-state index in [1.165, 1.54) is 0 Å². The Morgan fingerprint density at radius 1 is 1.50 bits per heavy atom. The second-order valence-electron chi connectivity index (χ2n) is 5.22. The number of carbonyl (C=O) groups excluding carboxylic acids is 1. The third-order valence-corrected chi connectivity index (χ3v) is 4.26. The molecule has 110 valence electrons. The van der Waals surface area contributed by atoms with Crippen LogP contribution in [-0.4, -0.2) is 34.1 Å². The molecule has 6 heteroatoms. The van der Waals surface area contributed by atoms with E-state index in [2.05, 4.69) is 12.2 Å². The number of nitrogens with zero attached hydrogens (tertiary/aromatic N) is 1. The number of rotatable bonds is 7. The molecule has 0 aliphatic heterocycles. The highest BCUT2D eigenvalue weighted by molar-refractivity contribution is 7.07. The molecule has 0 bridgehead atoms. The van der Waals surface area contributed by atoms with Crippen molar-refractivity contribution in [2.24, 2.45) is 0 Å². The highest BCUT2D eigenvalue weighted by atomic mass is 32.1. The van der Waals surface area contributed by atoms with E-state index in [4.69, 9.17) is 5.11 Å². The fraction of sp³-hybridized carbons (Fsp3) is 0.571. The van der Waals surface area contributed by atoms with E-state index < -0.39 is 11.5 Å². The summed E-state index contributed by atoms with van der Waals surface area (Å²) in [5, 5.41) is 15.8. The number of carbonyl (C=O) groups is 2. The van der Waals surface area contributed by atoms with Gasteiger partial charge in [0.1, 0.15) is 5.54 Å². The molecule has 1 aromatic rings. The molecule has 1 aliphatic rings. The van der Waals surface area contributed by atoms with Gasteiger partial charge >= 0.3 is 12.0 Å². The van der Waals surface area contributed by atoms with Crippen molar-refractivity contribution < 1.29 is 14.7 Å². The van der Waals surface area contributed by atoms with Crippen LogP contribution in [0.5, 0.6) is 0 Å². The topological polar surface area (TPSA) is 69.6 Å². The molecule has 2 N–H and O–H groups in total. The Balaban J connectivity index is 1.98. The van der Waals surface area contributed by atoms with Gasteiger partial charge in [0, 0.05) is 13.1 Å². The molecule has 5 nitrogen and oxygen atoms in total. The lowest BCUT2D eigenvalue weighted by molar-refractivity contribution is -0.140. The predicted octanol–water partition coefficient (Wildman–Crippen LogP) is 2.68. The Hall–Kier alpha value is -1.56. The summed E-state index contributed by atoms with van der Waals surface area (Å²) in [6.45, 7) is 3.25. The third-order valence-electron chi connectivity index (χ3n) is 3.53. The molecule has 2 amide bonds. The zero-order chi connectivity index (χ0) is 14.6. The molecule has 0 unspecified atom stereocenters. The number of thiophene rings is 1. The van der Waals surface area contributed by atoms with Crippen LogP contribution in [-0.2, 0) is 11.3 Å². The van der Waals surface area contributed by atoms with E-state index in [0.717, 1.165) is 18.4 Å². The fourth-order valence-corrected chi connectivity index (χ4v) is 2.67. The first-order valence-electron chi connectivity index (χ1n) is 6.89. The maximum absolute atomic E-state index is 12.3. The minimum atomic E-state index is -1.02. The van der Waals surface area contributed by atoms with Crippen LogP contribution in [0.25, 0.3) is 0 Å². The van der Waals surface area contributed by atoms with Gasteiger partial charge < -0.3 is 15.3 Å². The molecule has 1 saturated carbocycles. The summed E-state index contributed by atoms with van der Waals surface area (Å²) in [7, 11) is 0. The number of unbranched alkanes of at least 4 members (excludes halogenated alkanes) is 1. The molecule has 1 aliphatic carbocycles. The van der Waals surface area contributed by atoms with E-state index in [9.17, 15) is 9.59 Å². The van der Waals surface area contributed by atoms with Crippen molar-refractivity contribution in [3.05, 3.63) is 22.4 Å². The highest BCUT2D eigenvalue weighted by Gasteiger charge is 2.52. The number of hydrogen-bond acceptors (Lipinski definition) is 3. The molecule has 1 fully saturated rings. The average Bonchev–Trinajstić information content (AvgIpc) is 3.02. The first-order chi connectivity index (χ1) is 9.57. The largest absolute Gasteiger partial charge is 0.480 e. The minimum absolute atomic E-state index is 0.274. The van der Waals surface area contributed by atoms with Gasteiger partial charge in [-0.2, -0.15) is 11.3 Å². The van der Waals surface area contributed by atoms with Gasteiger partial charge in [0.15, 0.2) is 0 Å². The summed E-state index contributed by atoms with van der Waals surface area (Å²) in [6, 6.07) is 1.71. The zero-order valence-corrected chi connectivity index (χ0v) is 12.4. The molecule has 0 atom stereocenters. The SMILES string of the molecule is CCCCN(Cc1ccsc1)C(=O)NC1(C(=O)O)CC1. The van der Waals surface area contributed by atoms with Gasteiger partial charge in [-0.3, -0.25) is 0 Å². The molecule has 0 saturated heterocycles. The van der Waals surface area contributed by atoms with E-state index in [1.54, 1.807) is 16.2 Å². The summed E-state index contributed by atoms with van der Waals surface area (Å²) in [5.74, 6) is -0.933. The van der Waals surface area contributed by atoms with Crippen LogP contribution in [0.2, 0.25) is 0 Å². The lowest BCUT2D eigenvalue weighted by Crippen LogP contribution is -2.49. The monoisotopic (exact) mass is 296 g/mol. The van der Waals surface area contributed by atoms with E-state index in [0.29, 0.717) is 25.9 Å². The zero-order valence-electron chi connectivity index (χ0n) is 11.6. The van der Waals surface area contributed by atoms with Crippen LogP contribution in [0.3, 0.4) is 0 Å². The number of urea groups is 1. The molecule has 1 aromatic heterocycles. The molecule has 2 rings (SSSR count). The molecule has 0 radical (unpaired) electrons. The normalized spacial score (nSPS) is 15.7. The number of amides is 2. The number of hydrogen-bond donors (Lipinski definition) is 2. The fourth-order valence-electron chi connectivity index (χ4n) is 2.01. The molecule has 0 spiro atoms. The van der Waals surface area contributed by atoms with Gasteiger partial charge in [-0.1, -0.05) is 13.3 Å². The van der Waals surface area contributed by atoms with Crippen molar-refractivity contribution in [3.8, 4) is 0 Å². The Morgan fingerprint density at radius 2 is 2.25 bits per heavy atom. The highest BCUT2D eigenvalue weighted by Crippen LogP contribution is 2.35. The maximum atomic E-state index is 12.3. The van der Waals surface area contributed by atoms with Gasteiger partial charge in [0.05, 0.1) is 0 Å². The summed E-state index contributed by atoms with van der Waals surface area (Å²) in [4.78, 5) is 25.1. The molecule has 20 heavy (non-hydrogen) atoms. The van der Waals surface area contributed by atoms with Gasteiger partial charge in [-0.05, 0) is 41.7 Å². The summed E-state index contributed by atoms with van der Waals surface area (Å²) >= 11 is 1.60. The Kier molecular flexibility index (Phi) is 4.65. The van der Waals surface area contributed by atoms with Crippen LogP contribution in [0, 0.1) is 0 Å². The first kappa shape index (κ1) is 14.8. The van der Waals surface area contributed by atoms with Crippen molar-refractivity contribution in [1.82, 2.24) is 10.2 Å². The van der Waals surface area contributed by atoms with Crippen LogP contribution in [0.4, 0.5) is 4.79 Å². The molecular weight excluding hydrogens is 276 g/mol. The van der Waals surface area contributed by atoms with Crippen molar-refractivity contribution in [3.63, 3.8) is 0 Å². The Morgan fingerprint density at radius 3 is 2.75 bits per heavy atom. The number of nitrogens with one attached hydrogen (secondary N) is 1. The Labute approximate surface area is 122 Å². The number of aliphatic carboxylic acids is 1.